The molecule has 0 atom stereocenters. The van der Waals surface area contributed by atoms with Crippen molar-refractivity contribution in [1.29, 1.82) is 0 Å². The topological polar surface area (TPSA) is 102 Å². The summed E-state index contributed by atoms with van der Waals surface area (Å²) < 4.78 is 94.0. The second kappa shape index (κ2) is 18.3. The van der Waals surface area contributed by atoms with Crippen LogP contribution in [0.4, 0.5) is 26.3 Å². The van der Waals surface area contributed by atoms with Crippen molar-refractivity contribution in [2.75, 3.05) is 0 Å². The van der Waals surface area contributed by atoms with Crippen LogP contribution < -0.4 is 0 Å². The number of hydrogen-bond donors (Lipinski definition) is 0. The smallest absolute Gasteiger partial charge is 0.152 e. The number of carbonyl (C=O) groups excluding carboxylic acids is 6. The van der Waals surface area contributed by atoms with E-state index in [4.69, 9.17) is 0 Å². The number of aldehydes is 6. The Morgan fingerprint density at radius 1 is 0.230 bits per heavy atom. The lowest BCUT2D eigenvalue weighted by Crippen LogP contribution is -2.28. The lowest BCUT2D eigenvalue weighted by Gasteiger charge is -2.44. The summed E-state index contributed by atoms with van der Waals surface area (Å²) in [5.74, 6) is -6.54. The monoisotopic (exact) mass is 986 g/mol. The maximum Gasteiger partial charge on any atom is 0.152 e. The van der Waals surface area contributed by atoms with E-state index in [1.807, 2.05) is 36.4 Å². The van der Waals surface area contributed by atoms with E-state index in [2.05, 4.69) is 0 Å². The zero-order valence-corrected chi connectivity index (χ0v) is 38.2. The zero-order chi connectivity index (χ0) is 51.7. The van der Waals surface area contributed by atoms with E-state index in [-0.39, 0.29) is 33.4 Å². The molecule has 0 heterocycles. The van der Waals surface area contributed by atoms with Gasteiger partial charge in [-0.25, -0.2) is 26.3 Å². The second-order valence-corrected chi connectivity index (χ2v) is 18.1. The summed E-state index contributed by atoms with van der Waals surface area (Å²) in [5.41, 5.74) is 6.91. The van der Waals surface area contributed by atoms with Gasteiger partial charge in [-0.05, 0) is 209 Å². The van der Waals surface area contributed by atoms with E-state index in [9.17, 15) is 28.8 Å². The summed E-state index contributed by atoms with van der Waals surface area (Å²) in [4.78, 5) is 70.8. The fraction of sp³-hybridized carbons (Fsp3) is 0.0323. The van der Waals surface area contributed by atoms with Gasteiger partial charge in [-0.15, -0.1) is 0 Å². The van der Waals surface area contributed by atoms with Crippen LogP contribution in [-0.4, -0.2) is 37.7 Å². The summed E-state index contributed by atoms with van der Waals surface area (Å²) in [6.45, 7) is 0. The van der Waals surface area contributed by atoms with Crippen LogP contribution in [0.3, 0.4) is 0 Å². The highest BCUT2D eigenvalue weighted by molar-refractivity contribution is 5.94. The average Bonchev–Trinajstić information content (AvgIpc) is 3.42. The van der Waals surface area contributed by atoms with Crippen molar-refractivity contribution in [3.8, 4) is 66.8 Å². The molecule has 0 spiro atoms. The molecule has 2 bridgehead atoms. The van der Waals surface area contributed by atoms with Gasteiger partial charge in [0.25, 0.3) is 0 Å². The summed E-state index contributed by atoms with van der Waals surface area (Å²) in [6, 6.07) is 35.2. The highest BCUT2D eigenvalue weighted by Crippen LogP contribution is 2.60. The molecule has 0 radical (unpaired) electrons. The lowest BCUT2D eigenvalue weighted by atomic mass is 9.59. The Morgan fingerprint density at radius 2 is 0.378 bits per heavy atom. The molecular formula is C62H32F6O6. The largest absolute Gasteiger partial charge is 0.298 e. The normalized spacial score (nSPS) is 13.9. The fourth-order valence-electron chi connectivity index (χ4n) is 10.6. The highest BCUT2D eigenvalue weighted by atomic mass is 19.1. The fourth-order valence-corrected chi connectivity index (χ4v) is 10.6. The molecule has 358 valence electrons. The number of hydrogen-bond acceptors (Lipinski definition) is 6. The van der Waals surface area contributed by atoms with Crippen LogP contribution in [0.25, 0.3) is 66.8 Å². The molecule has 0 saturated heterocycles. The van der Waals surface area contributed by atoms with E-state index in [0.29, 0.717) is 138 Å². The van der Waals surface area contributed by atoms with E-state index in [1.54, 1.807) is 36.4 Å². The second-order valence-electron chi connectivity index (χ2n) is 18.1. The molecule has 3 aliphatic carbocycles. The zero-order valence-electron chi connectivity index (χ0n) is 38.2. The van der Waals surface area contributed by atoms with Gasteiger partial charge >= 0.3 is 0 Å². The van der Waals surface area contributed by atoms with Gasteiger partial charge in [0.05, 0.1) is 33.4 Å². The first-order valence-electron chi connectivity index (χ1n) is 22.9. The van der Waals surface area contributed by atoms with Crippen molar-refractivity contribution < 1.29 is 55.1 Å². The van der Waals surface area contributed by atoms with Gasteiger partial charge in [-0.1, -0.05) is 36.4 Å². The summed E-state index contributed by atoms with van der Waals surface area (Å²) in [5, 5.41) is 0. The maximum atomic E-state index is 15.7. The molecule has 0 fully saturated rings. The Balaban J connectivity index is 1.27. The predicted octanol–water partition coefficient (Wildman–Crippen LogP) is 14.4. The van der Waals surface area contributed by atoms with Crippen molar-refractivity contribution in [2.45, 2.75) is 11.8 Å². The highest BCUT2D eigenvalue weighted by Gasteiger charge is 2.44. The third-order valence-corrected chi connectivity index (χ3v) is 14.2. The Bertz CT molecular complexity index is 3310. The van der Waals surface area contributed by atoms with Crippen molar-refractivity contribution in [3.63, 3.8) is 0 Å². The number of rotatable bonds is 12. The average molecular weight is 987 g/mol. The third-order valence-electron chi connectivity index (χ3n) is 14.2. The molecule has 3 aliphatic rings. The van der Waals surface area contributed by atoms with Crippen LogP contribution in [0, 0.1) is 34.9 Å². The number of benzene rings is 9. The SMILES string of the molecule is O=Cc1ccc(-c2cc3c(cc2-c2ccc(C=O)c(F)c2)C2c4cc(-c5ccc(C=O)c(F)c5)c(-c5ccc(C=O)c(F)c5)cc4C3c3cc(-c4ccc(C=O)c(F)c4)c(-c4ccc(C=O)c(F)c4)cc32)cc1F. The lowest BCUT2D eigenvalue weighted by molar-refractivity contribution is 0.111. The van der Waals surface area contributed by atoms with Crippen LogP contribution in [0.1, 0.15) is 107 Å². The Hall–Kier alpha value is -9.42. The van der Waals surface area contributed by atoms with E-state index in [1.165, 1.54) is 72.8 Å². The van der Waals surface area contributed by atoms with Gasteiger partial charge < -0.3 is 0 Å². The first-order chi connectivity index (χ1) is 35.9. The molecular weight excluding hydrogens is 955 g/mol. The minimum Gasteiger partial charge on any atom is -0.298 e. The minimum atomic E-state index is -0.828. The van der Waals surface area contributed by atoms with Crippen molar-refractivity contribution in [1.82, 2.24) is 0 Å². The van der Waals surface area contributed by atoms with E-state index in [0.717, 1.165) is 0 Å². The van der Waals surface area contributed by atoms with Crippen molar-refractivity contribution in [3.05, 3.63) is 247 Å². The molecule has 0 aliphatic heterocycles. The van der Waals surface area contributed by atoms with Crippen LogP contribution >= 0.6 is 0 Å². The molecule has 12 rings (SSSR count). The molecule has 74 heavy (non-hydrogen) atoms. The van der Waals surface area contributed by atoms with Crippen LogP contribution in [-0.2, 0) is 0 Å². The van der Waals surface area contributed by atoms with Gasteiger partial charge in [0.1, 0.15) is 34.9 Å². The van der Waals surface area contributed by atoms with Gasteiger partial charge in [-0.2, -0.15) is 0 Å². The number of halogens is 6. The van der Waals surface area contributed by atoms with Crippen LogP contribution in [0.2, 0.25) is 0 Å². The molecule has 0 N–H and O–H groups in total. The molecule has 9 aromatic carbocycles. The van der Waals surface area contributed by atoms with E-state index >= 15 is 26.3 Å². The quantitative estimate of drug-likeness (QED) is 0.0892. The predicted molar refractivity (Wildman–Crippen MR) is 266 cm³/mol. The molecule has 9 aromatic rings. The Morgan fingerprint density at radius 3 is 0.500 bits per heavy atom. The minimum absolute atomic E-state index is 0.209. The summed E-state index contributed by atoms with van der Waals surface area (Å²) in [6.07, 6.45) is 2.24. The molecule has 12 heteroatoms. The van der Waals surface area contributed by atoms with Crippen LogP contribution in [0.5, 0.6) is 0 Å². The molecule has 6 nitrogen and oxygen atoms in total. The molecule has 0 saturated carbocycles. The van der Waals surface area contributed by atoms with Gasteiger partial charge in [0.15, 0.2) is 37.7 Å². The third kappa shape index (κ3) is 7.61. The summed E-state index contributed by atoms with van der Waals surface area (Å²) in [7, 11) is 0. The van der Waals surface area contributed by atoms with Crippen molar-refractivity contribution in [2.24, 2.45) is 0 Å². The summed E-state index contributed by atoms with van der Waals surface area (Å²) >= 11 is 0. The standard InChI is InChI=1S/C62H32F6O6/c63-55-13-31(1-7-37(55)25-69)43-19-49-50(20-44(43)32-2-8-38(26-70)56(64)14-32)62-53-23-47(35-5-11-41(29-73)59(67)17-35)45(33-3-9-39(27-71)57(65)15-33)21-51(53)61(49)52-22-46(34-4-10-40(28-72)58(66)16-34)48(24-54(52)62)36-6-12-42(30-74)60(68)18-36/h1-30,61-62H. The Kier molecular flexibility index (Phi) is 11.6. The maximum absolute atomic E-state index is 15.7. The van der Waals surface area contributed by atoms with Crippen LogP contribution in [0.15, 0.2) is 146 Å². The molecule has 0 amide bonds. The first-order valence-corrected chi connectivity index (χ1v) is 22.9. The molecule has 0 unspecified atom stereocenters. The molecule has 0 aromatic heterocycles. The number of carbonyl (C=O) groups is 6. The van der Waals surface area contributed by atoms with Gasteiger partial charge in [0.2, 0.25) is 0 Å². The Labute approximate surface area is 417 Å². The van der Waals surface area contributed by atoms with Gasteiger partial charge in [0, 0.05) is 11.8 Å². The van der Waals surface area contributed by atoms with Gasteiger partial charge in [-0.3, -0.25) is 28.8 Å². The first kappa shape index (κ1) is 46.9. The van der Waals surface area contributed by atoms with Crippen molar-refractivity contribution >= 4 is 37.7 Å². The van der Waals surface area contributed by atoms with E-state index < -0.39 is 46.7 Å².